The Hall–Kier alpha value is -2.28. The van der Waals surface area contributed by atoms with E-state index in [1.807, 2.05) is 32.0 Å². The summed E-state index contributed by atoms with van der Waals surface area (Å²) in [6.07, 6.45) is 2.22. The number of carbonyl (C=O) groups is 2. The zero-order chi connectivity index (χ0) is 19.6. The van der Waals surface area contributed by atoms with E-state index in [0.29, 0.717) is 17.6 Å². The van der Waals surface area contributed by atoms with E-state index in [1.165, 1.54) is 11.3 Å². The standard InChI is InChI=1S/C20H26N4O2S/c1-5-14(6-2)19-22-23-20(27-19)21-18(26)15-10-17(25)24(11-15)16-9-7-8-12(3)13(16)4/h7-9,14-15H,5-6,10-11H2,1-4H3,(H,21,23,26)/t15-/m0/s1. The first-order valence-corrected chi connectivity index (χ1v) is 10.3. The second kappa shape index (κ2) is 8.17. The summed E-state index contributed by atoms with van der Waals surface area (Å²) in [7, 11) is 0. The van der Waals surface area contributed by atoms with Gasteiger partial charge in [-0.15, -0.1) is 10.2 Å². The molecule has 1 aromatic carbocycles. The largest absolute Gasteiger partial charge is 0.311 e. The van der Waals surface area contributed by atoms with Gasteiger partial charge in [0.1, 0.15) is 5.01 Å². The summed E-state index contributed by atoms with van der Waals surface area (Å²) in [4.78, 5) is 26.9. The van der Waals surface area contributed by atoms with Crippen LogP contribution in [0.2, 0.25) is 0 Å². The van der Waals surface area contributed by atoms with Gasteiger partial charge in [-0.05, 0) is 43.9 Å². The van der Waals surface area contributed by atoms with Crippen molar-refractivity contribution in [1.82, 2.24) is 10.2 Å². The number of aryl methyl sites for hydroxylation is 1. The quantitative estimate of drug-likeness (QED) is 0.813. The van der Waals surface area contributed by atoms with Gasteiger partial charge in [0.25, 0.3) is 0 Å². The Bertz CT molecular complexity index is 844. The van der Waals surface area contributed by atoms with Crippen LogP contribution in [0, 0.1) is 19.8 Å². The lowest BCUT2D eigenvalue weighted by atomic mass is 10.1. The van der Waals surface area contributed by atoms with Crippen molar-refractivity contribution in [3.8, 4) is 0 Å². The number of carbonyl (C=O) groups excluding carboxylic acids is 2. The maximum Gasteiger partial charge on any atom is 0.231 e. The van der Waals surface area contributed by atoms with Crippen molar-refractivity contribution in [3.63, 3.8) is 0 Å². The molecule has 0 saturated carbocycles. The summed E-state index contributed by atoms with van der Waals surface area (Å²) < 4.78 is 0. The highest BCUT2D eigenvalue weighted by molar-refractivity contribution is 7.15. The number of hydrogen-bond donors (Lipinski definition) is 1. The maximum atomic E-state index is 12.7. The summed E-state index contributed by atoms with van der Waals surface area (Å²) in [6.45, 7) is 8.68. The third-order valence-electron chi connectivity index (χ3n) is 5.37. The van der Waals surface area contributed by atoms with Crippen LogP contribution < -0.4 is 10.2 Å². The van der Waals surface area contributed by atoms with E-state index in [1.54, 1.807) is 4.90 Å². The van der Waals surface area contributed by atoms with Gasteiger partial charge < -0.3 is 10.2 Å². The van der Waals surface area contributed by atoms with Gasteiger partial charge in [-0.1, -0.05) is 37.3 Å². The minimum atomic E-state index is -0.377. The van der Waals surface area contributed by atoms with Crippen LogP contribution in [0.3, 0.4) is 0 Å². The Morgan fingerprint density at radius 1 is 1.30 bits per heavy atom. The van der Waals surface area contributed by atoms with Gasteiger partial charge in [-0.25, -0.2) is 0 Å². The molecule has 1 N–H and O–H groups in total. The number of anilines is 2. The average Bonchev–Trinajstić information content (AvgIpc) is 3.25. The van der Waals surface area contributed by atoms with Crippen molar-refractivity contribution in [3.05, 3.63) is 34.3 Å². The predicted molar refractivity (Wildman–Crippen MR) is 108 cm³/mol. The number of aromatic nitrogens is 2. The minimum Gasteiger partial charge on any atom is -0.311 e. The molecule has 2 aromatic rings. The fourth-order valence-corrected chi connectivity index (χ4v) is 4.45. The topological polar surface area (TPSA) is 75.2 Å². The molecule has 1 atom stereocenters. The highest BCUT2D eigenvalue weighted by Gasteiger charge is 2.36. The van der Waals surface area contributed by atoms with Gasteiger partial charge in [0.2, 0.25) is 16.9 Å². The van der Waals surface area contributed by atoms with Crippen LogP contribution >= 0.6 is 11.3 Å². The van der Waals surface area contributed by atoms with E-state index in [-0.39, 0.29) is 24.2 Å². The molecule has 1 saturated heterocycles. The first-order valence-electron chi connectivity index (χ1n) is 9.45. The minimum absolute atomic E-state index is 0.0150. The summed E-state index contributed by atoms with van der Waals surface area (Å²) in [5, 5.41) is 12.6. The third kappa shape index (κ3) is 4.03. The molecule has 2 heterocycles. The Morgan fingerprint density at radius 2 is 2.04 bits per heavy atom. The van der Waals surface area contributed by atoms with E-state index >= 15 is 0 Å². The van der Waals surface area contributed by atoms with Crippen molar-refractivity contribution in [2.45, 2.75) is 52.9 Å². The van der Waals surface area contributed by atoms with E-state index in [9.17, 15) is 9.59 Å². The van der Waals surface area contributed by atoms with E-state index in [4.69, 9.17) is 0 Å². The number of nitrogens with zero attached hydrogens (tertiary/aromatic N) is 3. The second-order valence-corrected chi connectivity index (χ2v) is 8.08. The molecule has 0 unspecified atom stereocenters. The molecule has 1 aromatic heterocycles. The van der Waals surface area contributed by atoms with Gasteiger partial charge in [0.15, 0.2) is 0 Å². The third-order valence-corrected chi connectivity index (χ3v) is 6.37. The van der Waals surface area contributed by atoms with Crippen LogP contribution in [-0.2, 0) is 9.59 Å². The summed E-state index contributed by atoms with van der Waals surface area (Å²) >= 11 is 1.43. The molecule has 2 amide bonds. The molecule has 6 nitrogen and oxygen atoms in total. The molecule has 1 fully saturated rings. The van der Waals surface area contributed by atoms with E-state index in [0.717, 1.165) is 34.7 Å². The maximum absolute atomic E-state index is 12.7. The van der Waals surface area contributed by atoms with Gasteiger partial charge in [0.05, 0.1) is 5.92 Å². The number of rotatable bonds is 6. The monoisotopic (exact) mass is 386 g/mol. The summed E-state index contributed by atoms with van der Waals surface area (Å²) in [5.41, 5.74) is 3.10. The number of hydrogen-bond acceptors (Lipinski definition) is 5. The molecule has 0 bridgehead atoms. The molecule has 7 heteroatoms. The van der Waals surface area contributed by atoms with Crippen LogP contribution in [0.15, 0.2) is 18.2 Å². The zero-order valence-corrected chi connectivity index (χ0v) is 17.1. The Morgan fingerprint density at radius 3 is 2.74 bits per heavy atom. The lowest BCUT2D eigenvalue weighted by Gasteiger charge is -2.20. The van der Waals surface area contributed by atoms with Crippen molar-refractivity contribution in [1.29, 1.82) is 0 Å². The Labute approximate surface area is 164 Å². The normalized spacial score (nSPS) is 17.0. The number of benzene rings is 1. The van der Waals surface area contributed by atoms with Crippen LogP contribution in [0.5, 0.6) is 0 Å². The first kappa shape index (κ1) is 19.5. The molecule has 0 radical (unpaired) electrons. The lowest BCUT2D eigenvalue weighted by molar-refractivity contribution is -0.122. The molecular formula is C20H26N4O2S. The Kier molecular flexibility index (Phi) is 5.89. The summed E-state index contributed by atoms with van der Waals surface area (Å²) in [5.74, 6) is -0.179. The number of amides is 2. The Balaban J connectivity index is 1.68. The molecule has 1 aliphatic heterocycles. The molecule has 1 aliphatic rings. The molecule has 3 rings (SSSR count). The first-order chi connectivity index (χ1) is 12.9. The van der Waals surface area contributed by atoms with Crippen molar-refractivity contribution in [2.75, 3.05) is 16.8 Å². The van der Waals surface area contributed by atoms with Gasteiger partial charge >= 0.3 is 0 Å². The smallest absolute Gasteiger partial charge is 0.231 e. The average molecular weight is 387 g/mol. The predicted octanol–water partition coefficient (Wildman–Crippen LogP) is 4.05. The lowest BCUT2D eigenvalue weighted by Crippen LogP contribution is -2.28. The van der Waals surface area contributed by atoms with Crippen molar-refractivity contribution < 1.29 is 9.59 Å². The van der Waals surface area contributed by atoms with Gasteiger partial charge in [0, 0.05) is 24.6 Å². The van der Waals surface area contributed by atoms with Gasteiger partial charge in [-0.3, -0.25) is 9.59 Å². The van der Waals surface area contributed by atoms with Crippen LogP contribution in [0.4, 0.5) is 10.8 Å². The van der Waals surface area contributed by atoms with Gasteiger partial charge in [-0.2, -0.15) is 0 Å². The molecule has 27 heavy (non-hydrogen) atoms. The molecule has 0 spiro atoms. The SMILES string of the molecule is CCC(CC)c1nnc(NC(=O)[C@H]2CC(=O)N(c3cccc(C)c3C)C2)s1. The van der Waals surface area contributed by atoms with E-state index in [2.05, 4.69) is 29.4 Å². The van der Waals surface area contributed by atoms with Crippen molar-refractivity contribution >= 4 is 34.0 Å². The highest BCUT2D eigenvalue weighted by Crippen LogP contribution is 2.31. The second-order valence-electron chi connectivity index (χ2n) is 7.07. The molecule has 144 valence electrons. The van der Waals surface area contributed by atoms with Crippen LogP contribution in [0.1, 0.15) is 55.2 Å². The molecular weight excluding hydrogens is 360 g/mol. The zero-order valence-electron chi connectivity index (χ0n) is 16.3. The van der Waals surface area contributed by atoms with Crippen LogP contribution in [0.25, 0.3) is 0 Å². The number of nitrogens with one attached hydrogen (secondary N) is 1. The fourth-order valence-electron chi connectivity index (χ4n) is 3.44. The fraction of sp³-hybridized carbons (Fsp3) is 0.500. The van der Waals surface area contributed by atoms with E-state index < -0.39 is 0 Å². The van der Waals surface area contributed by atoms with Crippen molar-refractivity contribution in [2.24, 2.45) is 5.92 Å². The highest BCUT2D eigenvalue weighted by atomic mass is 32.1. The summed E-state index contributed by atoms with van der Waals surface area (Å²) in [6, 6.07) is 5.91. The molecule has 0 aliphatic carbocycles. The van der Waals surface area contributed by atoms with Crippen LogP contribution in [-0.4, -0.2) is 28.6 Å².